The predicted octanol–water partition coefficient (Wildman–Crippen LogP) is 5.13. The molecular formula is C49H50N6O10. The molecule has 16 heteroatoms. The highest BCUT2D eigenvalue weighted by Gasteiger charge is 2.25. The Morgan fingerprint density at radius 3 is 1.22 bits per heavy atom. The van der Waals surface area contributed by atoms with Gasteiger partial charge in [0.1, 0.15) is 47.2 Å². The lowest BCUT2D eigenvalue weighted by Gasteiger charge is -2.16. The van der Waals surface area contributed by atoms with Crippen LogP contribution in [0.25, 0.3) is 21.5 Å². The molecule has 4 atom stereocenters. The molecule has 0 radical (unpaired) electrons. The number of carbonyl (C=O) groups excluding carboxylic acids is 6. The maximum absolute atomic E-state index is 12.9. The molecule has 6 aromatic carbocycles. The third kappa shape index (κ3) is 13.7. The fourth-order valence-electron chi connectivity index (χ4n) is 6.77. The van der Waals surface area contributed by atoms with Gasteiger partial charge in [0.15, 0.2) is 0 Å². The van der Waals surface area contributed by atoms with Crippen molar-refractivity contribution in [1.29, 1.82) is 0 Å². The molecule has 0 saturated heterocycles. The first kappa shape index (κ1) is 47.0. The molecule has 0 fully saturated rings. The minimum absolute atomic E-state index is 0.0301. The number of nitrogens with two attached hydrogens (primary N) is 4. The number of Topliss-reactive ketones (excluding diaryl/α,β-unsaturated/α-hetero) is 2. The van der Waals surface area contributed by atoms with Crippen molar-refractivity contribution in [3.63, 3.8) is 0 Å². The van der Waals surface area contributed by atoms with Crippen LogP contribution in [0.15, 0.2) is 133 Å². The molecule has 10 N–H and O–H groups in total. The van der Waals surface area contributed by atoms with Gasteiger partial charge in [-0.15, -0.1) is 0 Å². The topological polar surface area (TPSA) is 267 Å². The largest absolute Gasteiger partial charge is 0.425 e. The molecule has 6 rings (SSSR count). The molecule has 6 aromatic rings. The number of hydrogen-bond donors (Lipinski definition) is 6. The standard InChI is InChI=1S/C49H50N6O10/c50-40(48(60)64-54-36-22-20-30-10-1-3-12-32(30)24-36)26-34-14-5-7-18-44(34)62-46(58)42(52)28-38(56)16-9-17-39(57)29-43(53)47(59)63-45-19-8-6-15-35(45)27-41(51)49(61)65-55-37-23-21-31-11-2-4-13-33(31)25-37/h1-8,10-15,18-25,40-43,54-55H,9,16-17,26-29,50-53H2. The van der Waals surface area contributed by atoms with Gasteiger partial charge in [-0.3, -0.25) is 9.59 Å². The van der Waals surface area contributed by atoms with Crippen LogP contribution >= 0.6 is 0 Å². The highest BCUT2D eigenvalue weighted by Crippen LogP contribution is 2.24. The van der Waals surface area contributed by atoms with Crippen molar-refractivity contribution in [1.82, 2.24) is 0 Å². The second kappa shape index (κ2) is 22.7. The van der Waals surface area contributed by atoms with E-state index in [9.17, 15) is 28.8 Å². The number of ether oxygens (including phenoxy) is 2. The zero-order valence-electron chi connectivity index (χ0n) is 35.4. The van der Waals surface area contributed by atoms with Gasteiger partial charge in [0.2, 0.25) is 0 Å². The highest BCUT2D eigenvalue weighted by atomic mass is 16.7. The summed E-state index contributed by atoms with van der Waals surface area (Å²) >= 11 is 0. The van der Waals surface area contributed by atoms with E-state index in [1.54, 1.807) is 48.5 Å². The number of carbonyl (C=O) groups is 6. The third-order valence-electron chi connectivity index (χ3n) is 10.3. The third-order valence-corrected chi connectivity index (χ3v) is 10.3. The second-order valence-corrected chi connectivity index (χ2v) is 15.4. The van der Waals surface area contributed by atoms with E-state index in [-0.39, 0.29) is 68.0 Å². The van der Waals surface area contributed by atoms with E-state index in [4.69, 9.17) is 42.1 Å². The van der Waals surface area contributed by atoms with Crippen molar-refractivity contribution in [2.24, 2.45) is 22.9 Å². The summed E-state index contributed by atoms with van der Waals surface area (Å²) in [7, 11) is 0. The Kier molecular flexibility index (Phi) is 16.4. The van der Waals surface area contributed by atoms with Crippen LogP contribution in [0.4, 0.5) is 11.4 Å². The molecule has 65 heavy (non-hydrogen) atoms. The van der Waals surface area contributed by atoms with Crippen LogP contribution in [-0.4, -0.2) is 59.6 Å². The number of esters is 2. The van der Waals surface area contributed by atoms with Crippen LogP contribution in [0.1, 0.15) is 43.2 Å². The molecular weight excluding hydrogens is 833 g/mol. The number of hydrogen-bond acceptors (Lipinski definition) is 16. The Hall–Kier alpha value is -7.50. The number of ketones is 2. The maximum Gasteiger partial charge on any atom is 0.348 e. The lowest BCUT2D eigenvalue weighted by atomic mass is 10.0. The van der Waals surface area contributed by atoms with Gasteiger partial charge in [-0.05, 0) is 75.5 Å². The zero-order chi connectivity index (χ0) is 46.3. The predicted molar refractivity (Wildman–Crippen MR) is 244 cm³/mol. The van der Waals surface area contributed by atoms with Crippen molar-refractivity contribution in [3.05, 3.63) is 145 Å². The van der Waals surface area contributed by atoms with E-state index in [0.717, 1.165) is 21.5 Å². The summed E-state index contributed by atoms with van der Waals surface area (Å²) in [6.45, 7) is 0. The molecule has 0 aliphatic carbocycles. The Morgan fingerprint density at radius 1 is 0.431 bits per heavy atom. The number of rotatable bonds is 22. The fraction of sp³-hybridized carbons (Fsp3) is 0.224. The van der Waals surface area contributed by atoms with Crippen LogP contribution in [0.3, 0.4) is 0 Å². The Labute approximate surface area is 374 Å². The summed E-state index contributed by atoms with van der Waals surface area (Å²) in [5.74, 6) is -3.77. The number of nitrogens with one attached hydrogen (secondary N) is 2. The zero-order valence-corrected chi connectivity index (χ0v) is 35.4. The van der Waals surface area contributed by atoms with Gasteiger partial charge in [-0.25, -0.2) is 30.1 Å². The van der Waals surface area contributed by atoms with Gasteiger partial charge in [0.05, 0.1) is 11.4 Å². The first-order valence-electron chi connectivity index (χ1n) is 20.9. The second-order valence-electron chi connectivity index (χ2n) is 15.4. The molecule has 0 aliphatic heterocycles. The number of para-hydroxylation sites is 2. The highest BCUT2D eigenvalue weighted by molar-refractivity contribution is 5.90. The smallest absolute Gasteiger partial charge is 0.348 e. The van der Waals surface area contributed by atoms with Crippen LogP contribution in [0.5, 0.6) is 11.5 Å². The number of benzene rings is 6. The average molecular weight is 883 g/mol. The first-order valence-corrected chi connectivity index (χ1v) is 20.9. The monoisotopic (exact) mass is 882 g/mol. The molecule has 0 aromatic heterocycles. The van der Waals surface area contributed by atoms with Crippen molar-refractivity contribution in [2.75, 3.05) is 11.0 Å². The van der Waals surface area contributed by atoms with Crippen molar-refractivity contribution < 1.29 is 47.9 Å². The summed E-state index contributed by atoms with van der Waals surface area (Å²) in [6, 6.07) is 34.4. The van der Waals surface area contributed by atoms with Crippen molar-refractivity contribution in [2.45, 2.75) is 69.1 Å². The van der Waals surface area contributed by atoms with E-state index in [1.165, 1.54) is 12.1 Å². The van der Waals surface area contributed by atoms with Gasteiger partial charge in [0, 0.05) is 38.5 Å². The van der Waals surface area contributed by atoms with Gasteiger partial charge in [-0.2, -0.15) is 0 Å². The van der Waals surface area contributed by atoms with Crippen LogP contribution in [0.2, 0.25) is 0 Å². The lowest BCUT2D eigenvalue weighted by Crippen LogP contribution is -2.37. The molecule has 0 heterocycles. The summed E-state index contributed by atoms with van der Waals surface area (Å²) in [6.07, 6.45) is -0.776. The van der Waals surface area contributed by atoms with Gasteiger partial charge < -0.3 is 42.1 Å². The van der Waals surface area contributed by atoms with E-state index in [2.05, 4.69) is 11.0 Å². The van der Waals surface area contributed by atoms with Crippen LogP contribution < -0.4 is 43.4 Å². The van der Waals surface area contributed by atoms with Crippen LogP contribution in [-0.2, 0) is 51.3 Å². The molecule has 4 unspecified atom stereocenters. The van der Waals surface area contributed by atoms with Gasteiger partial charge >= 0.3 is 23.9 Å². The molecule has 0 bridgehead atoms. The van der Waals surface area contributed by atoms with Crippen LogP contribution in [0, 0.1) is 0 Å². The number of anilines is 2. The minimum Gasteiger partial charge on any atom is -0.425 e. The minimum atomic E-state index is -1.31. The Morgan fingerprint density at radius 2 is 0.800 bits per heavy atom. The van der Waals surface area contributed by atoms with E-state index < -0.39 is 48.0 Å². The molecule has 16 nitrogen and oxygen atoms in total. The van der Waals surface area contributed by atoms with Crippen molar-refractivity contribution >= 4 is 68.4 Å². The quantitative estimate of drug-likeness (QED) is 0.0293. The fourth-order valence-corrected chi connectivity index (χ4v) is 6.77. The molecule has 0 aliphatic rings. The summed E-state index contributed by atoms with van der Waals surface area (Å²) in [5.41, 5.74) is 31.5. The van der Waals surface area contributed by atoms with Crippen molar-refractivity contribution in [3.8, 4) is 11.5 Å². The van der Waals surface area contributed by atoms with E-state index >= 15 is 0 Å². The number of fused-ring (bicyclic) bond motifs is 2. The normalized spacial score (nSPS) is 12.9. The molecule has 336 valence electrons. The Bertz CT molecular complexity index is 2490. The summed E-state index contributed by atoms with van der Waals surface area (Å²) in [5, 5.41) is 3.96. The molecule has 0 saturated carbocycles. The molecule has 0 amide bonds. The van der Waals surface area contributed by atoms with Gasteiger partial charge in [0.25, 0.3) is 0 Å². The first-order chi connectivity index (χ1) is 31.3. The SMILES string of the molecule is NC(Cc1ccccc1OC(=O)C(N)CC(=O)CCCC(=O)CC(N)C(=O)Oc1ccccc1CC(N)C(=O)ONc1ccc2ccccc2c1)C(=O)ONc1ccc2ccccc2c1. The summed E-state index contributed by atoms with van der Waals surface area (Å²) in [4.78, 5) is 87.1. The summed E-state index contributed by atoms with van der Waals surface area (Å²) < 4.78 is 11.0. The maximum atomic E-state index is 12.9. The average Bonchev–Trinajstić information content (AvgIpc) is 3.30. The van der Waals surface area contributed by atoms with E-state index in [1.807, 2.05) is 72.8 Å². The van der Waals surface area contributed by atoms with Gasteiger partial charge in [-0.1, -0.05) is 97.1 Å². The lowest BCUT2D eigenvalue weighted by molar-refractivity contribution is -0.143. The van der Waals surface area contributed by atoms with E-state index in [0.29, 0.717) is 22.5 Å². The molecule has 0 spiro atoms. The Balaban J connectivity index is 0.885.